The van der Waals surface area contributed by atoms with Gasteiger partial charge in [0.05, 0.1) is 7.11 Å². The minimum absolute atomic E-state index is 0.234. The number of para-hydroxylation sites is 2. The maximum Gasteiger partial charge on any atom is 0.161 e. The molecular formula is C13H21N3O3. The monoisotopic (exact) mass is 267 g/mol. The largest absolute Gasteiger partial charge is 0.493 e. The SMILES string of the molecule is COc1ccccc1OCCN(C)CCC(N)=NO. The third kappa shape index (κ3) is 5.48. The second-order valence-corrected chi connectivity index (χ2v) is 4.14. The van der Waals surface area contributed by atoms with E-state index in [2.05, 4.69) is 5.16 Å². The first-order valence-corrected chi connectivity index (χ1v) is 6.08. The van der Waals surface area contributed by atoms with E-state index in [1.165, 1.54) is 0 Å². The van der Waals surface area contributed by atoms with Gasteiger partial charge >= 0.3 is 0 Å². The van der Waals surface area contributed by atoms with Crippen LogP contribution in [-0.4, -0.2) is 49.8 Å². The van der Waals surface area contributed by atoms with E-state index in [-0.39, 0.29) is 5.84 Å². The molecule has 0 atom stereocenters. The highest BCUT2D eigenvalue weighted by atomic mass is 16.5. The van der Waals surface area contributed by atoms with Crippen molar-refractivity contribution in [3.05, 3.63) is 24.3 Å². The Bertz CT molecular complexity index is 410. The van der Waals surface area contributed by atoms with E-state index in [0.717, 1.165) is 18.0 Å². The molecule has 3 N–H and O–H groups in total. The number of nitrogens with zero attached hydrogens (tertiary/aromatic N) is 2. The van der Waals surface area contributed by atoms with Gasteiger partial charge in [-0.3, -0.25) is 0 Å². The summed E-state index contributed by atoms with van der Waals surface area (Å²) in [6.45, 7) is 2.01. The molecule has 0 radical (unpaired) electrons. The van der Waals surface area contributed by atoms with Crippen LogP contribution in [0.25, 0.3) is 0 Å². The van der Waals surface area contributed by atoms with E-state index in [1.54, 1.807) is 7.11 Å². The summed E-state index contributed by atoms with van der Waals surface area (Å²) in [6.07, 6.45) is 0.529. The smallest absolute Gasteiger partial charge is 0.161 e. The van der Waals surface area contributed by atoms with Gasteiger partial charge < -0.3 is 25.3 Å². The molecule has 0 heterocycles. The van der Waals surface area contributed by atoms with Gasteiger partial charge in [-0.25, -0.2) is 0 Å². The average molecular weight is 267 g/mol. The van der Waals surface area contributed by atoms with Gasteiger partial charge in [-0.05, 0) is 19.2 Å². The topological polar surface area (TPSA) is 80.3 Å². The number of amidine groups is 1. The first-order valence-electron chi connectivity index (χ1n) is 6.08. The standard InChI is InChI=1S/C13H21N3O3/c1-16(8-7-13(14)15-17)9-10-19-12-6-4-3-5-11(12)18-2/h3-6,17H,7-10H2,1-2H3,(H2,14,15). The fraction of sp³-hybridized carbons (Fsp3) is 0.462. The Hall–Kier alpha value is -1.95. The summed E-state index contributed by atoms with van der Waals surface area (Å²) in [6, 6.07) is 7.53. The lowest BCUT2D eigenvalue weighted by Gasteiger charge is -2.17. The van der Waals surface area contributed by atoms with Gasteiger partial charge in [0.2, 0.25) is 0 Å². The minimum atomic E-state index is 0.234. The zero-order valence-electron chi connectivity index (χ0n) is 11.4. The predicted molar refractivity (Wildman–Crippen MR) is 74.0 cm³/mol. The molecule has 0 fully saturated rings. The zero-order valence-corrected chi connectivity index (χ0v) is 11.4. The molecule has 0 aromatic heterocycles. The molecular weight excluding hydrogens is 246 g/mol. The molecule has 0 aliphatic heterocycles. The summed E-state index contributed by atoms with van der Waals surface area (Å²) in [7, 11) is 3.57. The van der Waals surface area contributed by atoms with Crippen LogP contribution < -0.4 is 15.2 Å². The number of hydrogen-bond acceptors (Lipinski definition) is 5. The summed E-state index contributed by atoms with van der Waals surface area (Å²) < 4.78 is 10.9. The molecule has 0 saturated heterocycles. The highest BCUT2D eigenvalue weighted by Gasteiger charge is 2.04. The van der Waals surface area contributed by atoms with E-state index < -0.39 is 0 Å². The fourth-order valence-electron chi connectivity index (χ4n) is 1.52. The number of oxime groups is 1. The highest BCUT2D eigenvalue weighted by Crippen LogP contribution is 2.25. The van der Waals surface area contributed by atoms with Gasteiger partial charge in [-0.15, -0.1) is 0 Å². The van der Waals surface area contributed by atoms with Crippen LogP contribution in [0, 0.1) is 0 Å². The number of ether oxygens (including phenoxy) is 2. The lowest BCUT2D eigenvalue weighted by molar-refractivity contribution is 0.232. The van der Waals surface area contributed by atoms with E-state index in [9.17, 15) is 0 Å². The summed E-state index contributed by atoms with van der Waals surface area (Å²) in [5, 5.41) is 11.4. The first-order chi connectivity index (χ1) is 9.17. The van der Waals surface area contributed by atoms with Gasteiger partial charge in [0, 0.05) is 19.5 Å². The van der Waals surface area contributed by atoms with Crippen LogP contribution in [0.2, 0.25) is 0 Å². The number of nitrogens with two attached hydrogens (primary N) is 1. The molecule has 1 aromatic carbocycles. The van der Waals surface area contributed by atoms with Crippen LogP contribution in [0.1, 0.15) is 6.42 Å². The van der Waals surface area contributed by atoms with E-state index in [1.807, 2.05) is 36.2 Å². The fourth-order valence-corrected chi connectivity index (χ4v) is 1.52. The van der Waals surface area contributed by atoms with Gasteiger partial charge in [0.15, 0.2) is 11.5 Å². The number of benzene rings is 1. The predicted octanol–water partition coefficient (Wildman–Crippen LogP) is 1.14. The van der Waals surface area contributed by atoms with Crippen molar-refractivity contribution in [2.45, 2.75) is 6.42 Å². The first kappa shape index (κ1) is 15.1. The number of methoxy groups -OCH3 is 1. The molecule has 1 aromatic rings. The van der Waals surface area contributed by atoms with Crippen molar-refractivity contribution < 1.29 is 14.7 Å². The molecule has 1 rings (SSSR count). The lowest BCUT2D eigenvalue weighted by atomic mass is 10.3. The van der Waals surface area contributed by atoms with Crippen molar-refractivity contribution in [2.24, 2.45) is 10.9 Å². The van der Waals surface area contributed by atoms with E-state index >= 15 is 0 Å². The van der Waals surface area contributed by atoms with Crippen LogP contribution in [0.15, 0.2) is 29.4 Å². The lowest BCUT2D eigenvalue weighted by Crippen LogP contribution is -2.28. The molecule has 6 nitrogen and oxygen atoms in total. The van der Waals surface area contributed by atoms with Gasteiger partial charge in [0.25, 0.3) is 0 Å². The molecule has 0 amide bonds. The molecule has 0 aliphatic rings. The molecule has 106 valence electrons. The third-order valence-electron chi connectivity index (χ3n) is 2.68. The Balaban J connectivity index is 2.29. The van der Waals surface area contributed by atoms with Crippen molar-refractivity contribution >= 4 is 5.84 Å². The van der Waals surface area contributed by atoms with Crippen LogP contribution in [0.4, 0.5) is 0 Å². The highest BCUT2D eigenvalue weighted by molar-refractivity contribution is 5.79. The van der Waals surface area contributed by atoms with Crippen molar-refractivity contribution in [3.8, 4) is 11.5 Å². The van der Waals surface area contributed by atoms with Crippen LogP contribution in [0.3, 0.4) is 0 Å². The van der Waals surface area contributed by atoms with Crippen molar-refractivity contribution in [1.82, 2.24) is 4.90 Å². The maximum atomic E-state index is 8.44. The van der Waals surface area contributed by atoms with Gasteiger partial charge in [-0.2, -0.15) is 0 Å². The maximum absolute atomic E-state index is 8.44. The molecule has 0 bridgehead atoms. The Morgan fingerprint density at radius 2 is 2.00 bits per heavy atom. The third-order valence-corrected chi connectivity index (χ3v) is 2.68. The Morgan fingerprint density at radius 1 is 1.32 bits per heavy atom. The normalized spacial score (nSPS) is 11.6. The summed E-state index contributed by atoms with van der Waals surface area (Å²) in [5.41, 5.74) is 5.40. The number of hydrogen-bond donors (Lipinski definition) is 2. The number of rotatable bonds is 8. The van der Waals surface area contributed by atoms with Gasteiger partial charge in [-0.1, -0.05) is 17.3 Å². The van der Waals surface area contributed by atoms with Gasteiger partial charge in [0.1, 0.15) is 12.4 Å². The Morgan fingerprint density at radius 3 is 2.63 bits per heavy atom. The minimum Gasteiger partial charge on any atom is -0.493 e. The summed E-state index contributed by atoms with van der Waals surface area (Å²) >= 11 is 0. The van der Waals surface area contributed by atoms with Crippen LogP contribution >= 0.6 is 0 Å². The van der Waals surface area contributed by atoms with Crippen LogP contribution in [-0.2, 0) is 0 Å². The van der Waals surface area contributed by atoms with E-state index in [0.29, 0.717) is 19.6 Å². The molecule has 6 heteroatoms. The van der Waals surface area contributed by atoms with Crippen LogP contribution in [0.5, 0.6) is 11.5 Å². The summed E-state index contributed by atoms with van der Waals surface area (Å²) in [4.78, 5) is 2.05. The molecule has 0 spiro atoms. The molecule has 0 unspecified atom stereocenters. The van der Waals surface area contributed by atoms with E-state index in [4.69, 9.17) is 20.4 Å². The molecule has 0 saturated carbocycles. The molecule has 19 heavy (non-hydrogen) atoms. The zero-order chi connectivity index (χ0) is 14.1. The van der Waals surface area contributed by atoms with Crippen molar-refractivity contribution in [2.75, 3.05) is 33.9 Å². The Kier molecular flexibility index (Phi) is 6.52. The summed E-state index contributed by atoms with van der Waals surface area (Å²) in [5.74, 6) is 1.69. The molecule has 0 aliphatic carbocycles. The van der Waals surface area contributed by atoms with Crippen molar-refractivity contribution in [3.63, 3.8) is 0 Å². The Labute approximate surface area is 113 Å². The number of likely N-dealkylation sites (N-methyl/N-ethyl adjacent to an activating group) is 1. The average Bonchev–Trinajstić information content (AvgIpc) is 2.45. The second-order valence-electron chi connectivity index (χ2n) is 4.14. The van der Waals surface area contributed by atoms with Crippen molar-refractivity contribution in [1.29, 1.82) is 0 Å². The second kappa shape index (κ2) is 8.20. The quantitative estimate of drug-likeness (QED) is 0.319.